The summed E-state index contributed by atoms with van der Waals surface area (Å²) < 4.78 is 1.52. The third-order valence-corrected chi connectivity index (χ3v) is 3.16. The third-order valence-electron chi connectivity index (χ3n) is 3.16. The second-order valence-corrected chi connectivity index (χ2v) is 4.39. The SMILES string of the molecule is Cn1ccnc(N[C@@H]2CCCC[C@H]2N)c1=O. The summed E-state index contributed by atoms with van der Waals surface area (Å²) in [6.07, 6.45) is 7.65. The van der Waals surface area contributed by atoms with E-state index in [0.29, 0.717) is 5.82 Å². The van der Waals surface area contributed by atoms with Gasteiger partial charge in [-0.25, -0.2) is 4.98 Å². The van der Waals surface area contributed by atoms with Crippen molar-refractivity contribution in [1.29, 1.82) is 0 Å². The zero-order valence-corrected chi connectivity index (χ0v) is 9.52. The molecule has 0 bridgehead atoms. The number of anilines is 1. The number of rotatable bonds is 2. The fourth-order valence-corrected chi connectivity index (χ4v) is 2.11. The number of nitrogens with two attached hydrogens (primary N) is 1. The van der Waals surface area contributed by atoms with Crippen molar-refractivity contribution in [2.24, 2.45) is 12.8 Å². The maximum atomic E-state index is 11.7. The second kappa shape index (κ2) is 4.65. The molecule has 0 amide bonds. The van der Waals surface area contributed by atoms with Crippen molar-refractivity contribution in [1.82, 2.24) is 9.55 Å². The normalized spacial score (nSPS) is 25.4. The van der Waals surface area contributed by atoms with Crippen molar-refractivity contribution in [2.75, 3.05) is 5.32 Å². The zero-order chi connectivity index (χ0) is 11.5. The lowest BCUT2D eigenvalue weighted by Crippen LogP contribution is -2.44. The van der Waals surface area contributed by atoms with E-state index in [9.17, 15) is 4.79 Å². The molecule has 2 atom stereocenters. The summed E-state index contributed by atoms with van der Waals surface area (Å²) in [6, 6.07) is 0.303. The number of nitrogens with zero attached hydrogens (tertiary/aromatic N) is 2. The van der Waals surface area contributed by atoms with Gasteiger partial charge in [0.25, 0.3) is 5.56 Å². The Morgan fingerprint density at radius 3 is 3.00 bits per heavy atom. The average Bonchev–Trinajstić information content (AvgIpc) is 2.28. The number of aromatic nitrogens is 2. The molecule has 0 radical (unpaired) electrons. The first-order valence-corrected chi connectivity index (χ1v) is 5.72. The standard InChI is InChI=1S/C11H18N4O/c1-15-7-6-13-10(11(15)16)14-9-5-3-2-4-8(9)12/h6-9H,2-5,12H2,1H3,(H,13,14)/t8-,9-/m1/s1. The van der Waals surface area contributed by atoms with Gasteiger partial charge in [-0.15, -0.1) is 0 Å². The first-order chi connectivity index (χ1) is 7.68. The Bertz CT molecular complexity index is 415. The molecule has 1 aliphatic rings. The van der Waals surface area contributed by atoms with Gasteiger partial charge in [-0.05, 0) is 12.8 Å². The molecule has 2 rings (SSSR count). The minimum absolute atomic E-state index is 0.0970. The topological polar surface area (TPSA) is 72.9 Å². The summed E-state index contributed by atoms with van der Waals surface area (Å²) >= 11 is 0. The van der Waals surface area contributed by atoms with Crippen molar-refractivity contribution < 1.29 is 0 Å². The molecule has 0 saturated heterocycles. The van der Waals surface area contributed by atoms with Crippen LogP contribution in [0.5, 0.6) is 0 Å². The highest BCUT2D eigenvalue weighted by molar-refractivity contribution is 5.33. The van der Waals surface area contributed by atoms with E-state index >= 15 is 0 Å². The van der Waals surface area contributed by atoms with Crippen molar-refractivity contribution in [3.8, 4) is 0 Å². The Balaban J connectivity index is 2.14. The summed E-state index contributed by atoms with van der Waals surface area (Å²) in [7, 11) is 1.72. The van der Waals surface area contributed by atoms with Crippen LogP contribution in [0.15, 0.2) is 17.2 Å². The molecule has 1 aromatic heterocycles. The van der Waals surface area contributed by atoms with E-state index < -0.39 is 0 Å². The van der Waals surface area contributed by atoms with Crippen LogP contribution >= 0.6 is 0 Å². The van der Waals surface area contributed by atoms with E-state index in [4.69, 9.17) is 5.73 Å². The zero-order valence-electron chi connectivity index (χ0n) is 9.52. The number of nitrogens with one attached hydrogen (secondary N) is 1. The molecule has 5 nitrogen and oxygen atoms in total. The molecule has 1 aromatic rings. The van der Waals surface area contributed by atoms with Crippen LogP contribution in [0.3, 0.4) is 0 Å². The molecule has 0 unspecified atom stereocenters. The van der Waals surface area contributed by atoms with Crippen LogP contribution in [0.2, 0.25) is 0 Å². The summed E-state index contributed by atoms with van der Waals surface area (Å²) in [5.74, 6) is 0.410. The maximum Gasteiger partial charge on any atom is 0.293 e. The van der Waals surface area contributed by atoms with Crippen molar-refractivity contribution in [2.45, 2.75) is 37.8 Å². The predicted molar refractivity (Wildman–Crippen MR) is 63.3 cm³/mol. The van der Waals surface area contributed by atoms with E-state index in [1.807, 2.05) is 0 Å². The second-order valence-electron chi connectivity index (χ2n) is 4.39. The van der Waals surface area contributed by atoms with Gasteiger partial charge < -0.3 is 15.6 Å². The van der Waals surface area contributed by atoms with E-state index in [1.165, 1.54) is 17.4 Å². The van der Waals surface area contributed by atoms with Crippen molar-refractivity contribution >= 4 is 5.82 Å². The average molecular weight is 222 g/mol. The molecule has 0 aromatic carbocycles. The monoisotopic (exact) mass is 222 g/mol. The smallest absolute Gasteiger partial charge is 0.293 e. The predicted octanol–water partition coefficient (Wildman–Crippen LogP) is 0.462. The Kier molecular flexibility index (Phi) is 3.24. The Hall–Kier alpha value is -1.36. The molecule has 3 N–H and O–H groups in total. The molecule has 1 aliphatic carbocycles. The van der Waals surface area contributed by atoms with Gasteiger partial charge in [0.15, 0.2) is 5.82 Å². The maximum absolute atomic E-state index is 11.7. The van der Waals surface area contributed by atoms with Gasteiger partial charge in [0, 0.05) is 31.5 Å². The molecule has 1 fully saturated rings. The van der Waals surface area contributed by atoms with Crippen LogP contribution in [0.4, 0.5) is 5.82 Å². The first-order valence-electron chi connectivity index (χ1n) is 5.72. The van der Waals surface area contributed by atoms with Gasteiger partial charge in [0.2, 0.25) is 0 Å². The highest BCUT2D eigenvalue weighted by Gasteiger charge is 2.22. The first kappa shape index (κ1) is 11.1. The summed E-state index contributed by atoms with van der Waals surface area (Å²) in [4.78, 5) is 15.8. The molecule has 1 heterocycles. The van der Waals surface area contributed by atoms with Crippen LogP contribution in [-0.2, 0) is 7.05 Å². The van der Waals surface area contributed by atoms with E-state index in [2.05, 4.69) is 10.3 Å². The van der Waals surface area contributed by atoms with Gasteiger partial charge in [-0.3, -0.25) is 4.79 Å². The van der Waals surface area contributed by atoms with Crippen molar-refractivity contribution in [3.05, 3.63) is 22.7 Å². The molecule has 0 spiro atoms. The minimum atomic E-state index is -0.0970. The highest BCUT2D eigenvalue weighted by atomic mass is 16.1. The Morgan fingerprint density at radius 1 is 1.50 bits per heavy atom. The van der Waals surface area contributed by atoms with Gasteiger partial charge in [0.05, 0.1) is 0 Å². The molecule has 88 valence electrons. The summed E-state index contributed by atoms with van der Waals surface area (Å²) in [6.45, 7) is 0. The van der Waals surface area contributed by atoms with Crippen LogP contribution in [-0.4, -0.2) is 21.6 Å². The van der Waals surface area contributed by atoms with E-state index in [1.54, 1.807) is 19.4 Å². The fourth-order valence-electron chi connectivity index (χ4n) is 2.11. The Morgan fingerprint density at radius 2 is 2.25 bits per heavy atom. The van der Waals surface area contributed by atoms with Crippen LogP contribution in [0.25, 0.3) is 0 Å². The molecular formula is C11H18N4O. The van der Waals surface area contributed by atoms with Gasteiger partial charge in [0.1, 0.15) is 0 Å². The van der Waals surface area contributed by atoms with Gasteiger partial charge in [-0.1, -0.05) is 12.8 Å². The molecule has 1 saturated carbocycles. The molecule has 16 heavy (non-hydrogen) atoms. The van der Waals surface area contributed by atoms with Gasteiger partial charge >= 0.3 is 0 Å². The van der Waals surface area contributed by atoms with E-state index in [0.717, 1.165) is 12.8 Å². The molecule has 0 aliphatic heterocycles. The van der Waals surface area contributed by atoms with Crippen LogP contribution < -0.4 is 16.6 Å². The van der Waals surface area contributed by atoms with Crippen molar-refractivity contribution in [3.63, 3.8) is 0 Å². The molecular weight excluding hydrogens is 204 g/mol. The number of hydrogen-bond donors (Lipinski definition) is 2. The summed E-state index contributed by atoms with van der Waals surface area (Å²) in [5.41, 5.74) is 5.92. The minimum Gasteiger partial charge on any atom is -0.361 e. The van der Waals surface area contributed by atoms with Crippen LogP contribution in [0, 0.1) is 0 Å². The highest BCUT2D eigenvalue weighted by Crippen LogP contribution is 2.18. The summed E-state index contributed by atoms with van der Waals surface area (Å²) in [5, 5.41) is 3.17. The van der Waals surface area contributed by atoms with E-state index in [-0.39, 0.29) is 17.6 Å². The van der Waals surface area contributed by atoms with Crippen LogP contribution in [0.1, 0.15) is 25.7 Å². The lowest BCUT2D eigenvalue weighted by Gasteiger charge is -2.29. The fraction of sp³-hybridized carbons (Fsp3) is 0.636. The largest absolute Gasteiger partial charge is 0.361 e. The van der Waals surface area contributed by atoms with Gasteiger partial charge in [-0.2, -0.15) is 0 Å². The lowest BCUT2D eigenvalue weighted by atomic mass is 9.91. The molecule has 5 heteroatoms. The number of hydrogen-bond acceptors (Lipinski definition) is 4. The lowest BCUT2D eigenvalue weighted by molar-refractivity contribution is 0.403. The Labute approximate surface area is 94.7 Å². The number of aryl methyl sites for hydroxylation is 1. The third kappa shape index (κ3) is 2.24. The quantitative estimate of drug-likeness (QED) is 0.762.